The smallest absolute Gasteiger partial charge is 0.307 e. The number of Topliss-reactive ketones (excluding diaryl/α,β-unsaturated/α-hetero) is 1. The van der Waals surface area contributed by atoms with Crippen molar-refractivity contribution < 1.29 is 14.3 Å². The summed E-state index contributed by atoms with van der Waals surface area (Å²) in [5.41, 5.74) is 1.69. The van der Waals surface area contributed by atoms with Crippen molar-refractivity contribution in [2.75, 3.05) is 18.6 Å². The number of esters is 1. The van der Waals surface area contributed by atoms with Crippen LogP contribution in [0, 0.1) is 0 Å². The first kappa shape index (κ1) is 13.6. The van der Waals surface area contributed by atoms with Gasteiger partial charge >= 0.3 is 5.97 Å². The quantitative estimate of drug-likeness (QED) is 0.784. The number of hydrogen-bond donors (Lipinski definition) is 0. The lowest BCUT2D eigenvalue weighted by Gasteiger charge is -2.30. The number of ketones is 1. The maximum Gasteiger partial charge on any atom is 0.307 e. The van der Waals surface area contributed by atoms with Crippen LogP contribution in [0.1, 0.15) is 36.5 Å². The molecule has 4 nitrogen and oxygen atoms in total. The van der Waals surface area contributed by atoms with Gasteiger partial charge in [-0.2, -0.15) is 0 Å². The van der Waals surface area contributed by atoms with E-state index in [1.165, 1.54) is 7.11 Å². The topological polar surface area (TPSA) is 46.6 Å². The van der Waals surface area contributed by atoms with Crippen molar-refractivity contribution in [3.05, 3.63) is 29.8 Å². The molecule has 0 N–H and O–H groups in total. The molecule has 0 fully saturated rings. The molecule has 0 aromatic heterocycles. The summed E-state index contributed by atoms with van der Waals surface area (Å²) in [6, 6.07) is 7.65. The maximum absolute atomic E-state index is 12.0. The molecule has 1 aliphatic heterocycles. The van der Waals surface area contributed by atoms with Crippen molar-refractivity contribution in [2.45, 2.75) is 32.2 Å². The Hall–Kier alpha value is -1.84. The maximum atomic E-state index is 12.0. The molecule has 102 valence electrons. The van der Waals surface area contributed by atoms with Crippen molar-refractivity contribution in [2.24, 2.45) is 0 Å². The summed E-state index contributed by atoms with van der Waals surface area (Å²) in [4.78, 5) is 25.6. The predicted octanol–water partition coefficient (Wildman–Crippen LogP) is 2.42. The fourth-order valence-electron chi connectivity index (χ4n) is 2.52. The lowest BCUT2D eigenvalue weighted by Crippen LogP contribution is -2.35. The van der Waals surface area contributed by atoms with Gasteiger partial charge in [0.1, 0.15) is 0 Å². The van der Waals surface area contributed by atoms with Gasteiger partial charge < -0.3 is 9.64 Å². The van der Waals surface area contributed by atoms with E-state index in [1.807, 2.05) is 31.2 Å². The average molecular weight is 261 g/mol. The van der Waals surface area contributed by atoms with Crippen LogP contribution in [0.15, 0.2) is 24.3 Å². The molecular weight excluding hydrogens is 242 g/mol. The fraction of sp³-hybridized carbons (Fsp3) is 0.467. The Labute approximate surface area is 113 Å². The van der Waals surface area contributed by atoms with Gasteiger partial charge in [-0.05, 0) is 25.5 Å². The van der Waals surface area contributed by atoms with Gasteiger partial charge in [0.25, 0.3) is 0 Å². The molecule has 1 aromatic carbocycles. The summed E-state index contributed by atoms with van der Waals surface area (Å²) in [5, 5.41) is 0. The van der Waals surface area contributed by atoms with Gasteiger partial charge in [-0.15, -0.1) is 0 Å². The molecular formula is C15H19NO3. The third-order valence-electron chi connectivity index (χ3n) is 3.54. The molecule has 19 heavy (non-hydrogen) atoms. The summed E-state index contributed by atoms with van der Waals surface area (Å²) in [7, 11) is 1.40. The molecule has 0 amide bonds. The molecule has 1 aromatic rings. The van der Waals surface area contributed by atoms with Crippen LogP contribution in [0.3, 0.4) is 0 Å². The number of benzene rings is 1. The van der Waals surface area contributed by atoms with E-state index in [0.717, 1.165) is 24.2 Å². The Morgan fingerprint density at radius 1 is 1.42 bits per heavy atom. The number of hydrogen-bond acceptors (Lipinski definition) is 4. The third-order valence-corrected chi connectivity index (χ3v) is 3.54. The third kappa shape index (κ3) is 2.95. The van der Waals surface area contributed by atoms with E-state index in [0.29, 0.717) is 12.8 Å². The zero-order valence-corrected chi connectivity index (χ0v) is 11.4. The number of methoxy groups -OCH3 is 1. The second-order valence-electron chi connectivity index (χ2n) is 4.87. The van der Waals surface area contributed by atoms with E-state index in [4.69, 9.17) is 4.74 Å². The minimum atomic E-state index is -0.222. The molecule has 0 radical (unpaired) electrons. The number of carbonyl (C=O) groups is 2. The molecule has 0 bridgehead atoms. The standard InChI is InChI=1S/C15H19NO3/c1-11(10-15(18)19-2)16-9-5-8-14(17)12-6-3-4-7-13(12)16/h3-4,6-7,11H,5,8-10H2,1-2H3. The predicted molar refractivity (Wildman–Crippen MR) is 73.4 cm³/mol. The van der Waals surface area contributed by atoms with Gasteiger partial charge in [0, 0.05) is 30.3 Å². The minimum Gasteiger partial charge on any atom is -0.469 e. The number of anilines is 1. The Balaban J connectivity index is 2.28. The molecule has 1 unspecified atom stereocenters. The molecule has 4 heteroatoms. The summed E-state index contributed by atoms with van der Waals surface area (Å²) >= 11 is 0. The molecule has 2 rings (SSSR count). The Morgan fingerprint density at radius 3 is 2.89 bits per heavy atom. The van der Waals surface area contributed by atoms with E-state index in [1.54, 1.807) is 0 Å². The molecule has 1 atom stereocenters. The number of para-hydroxylation sites is 1. The summed E-state index contributed by atoms with van der Waals surface area (Å²) in [6.07, 6.45) is 1.72. The van der Waals surface area contributed by atoms with Crippen LogP contribution in [0.5, 0.6) is 0 Å². The second kappa shape index (κ2) is 5.87. The van der Waals surface area contributed by atoms with Gasteiger partial charge in [0.15, 0.2) is 5.78 Å². The van der Waals surface area contributed by atoms with Crippen molar-refractivity contribution in [1.29, 1.82) is 0 Å². The number of fused-ring (bicyclic) bond motifs is 1. The number of rotatable bonds is 3. The molecule has 0 saturated heterocycles. The zero-order valence-electron chi connectivity index (χ0n) is 11.4. The van der Waals surface area contributed by atoms with Crippen LogP contribution >= 0.6 is 0 Å². The molecule has 0 saturated carbocycles. The van der Waals surface area contributed by atoms with Gasteiger partial charge in [-0.25, -0.2) is 0 Å². The SMILES string of the molecule is COC(=O)CC(C)N1CCCC(=O)c2ccccc21. The highest BCUT2D eigenvalue weighted by molar-refractivity contribution is 6.02. The minimum absolute atomic E-state index is 0.0273. The fourth-order valence-corrected chi connectivity index (χ4v) is 2.52. The van der Waals surface area contributed by atoms with Crippen LogP contribution in [0.25, 0.3) is 0 Å². The lowest BCUT2D eigenvalue weighted by molar-refractivity contribution is -0.140. The number of ether oxygens (including phenoxy) is 1. The highest BCUT2D eigenvalue weighted by Crippen LogP contribution is 2.28. The Morgan fingerprint density at radius 2 is 2.16 bits per heavy atom. The van der Waals surface area contributed by atoms with Gasteiger partial charge in [-0.3, -0.25) is 9.59 Å². The van der Waals surface area contributed by atoms with Crippen molar-refractivity contribution in [1.82, 2.24) is 0 Å². The molecule has 0 spiro atoms. The number of carbonyl (C=O) groups excluding carboxylic acids is 2. The zero-order chi connectivity index (χ0) is 13.8. The van der Waals surface area contributed by atoms with Gasteiger partial charge in [0.2, 0.25) is 0 Å². The van der Waals surface area contributed by atoms with Gasteiger partial charge in [0.05, 0.1) is 13.5 Å². The molecule has 1 heterocycles. The lowest BCUT2D eigenvalue weighted by atomic mass is 10.1. The first-order chi connectivity index (χ1) is 9.13. The van der Waals surface area contributed by atoms with Crippen LogP contribution in [0.2, 0.25) is 0 Å². The first-order valence-corrected chi connectivity index (χ1v) is 6.59. The Kier molecular flexibility index (Phi) is 4.20. The van der Waals surface area contributed by atoms with Crippen molar-refractivity contribution >= 4 is 17.4 Å². The monoisotopic (exact) mass is 261 g/mol. The van der Waals surface area contributed by atoms with Gasteiger partial charge in [-0.1, -0.05) is 12.1 Å². The summed E-state index contributed by atoms with van der Waals surface area (Å²) in [6.45, 7) is 2.78. The Bertz CT molecular complexity index is 484. The van der Waals surface area contributed by atoms with E-state index in [2.05, 4.69) is 4.90 Å². The highest BCUT2D eigenvalue weighted by atomic mass is 16.5. The van der Waals surface area contributed by atoms with Crippen LogP contribution in [-0.2, 0) is 9.53 Å². The normalized spacial score (nSPS) is 16.5. The summed E-state index contributed by atoms with van der Waals surface area (Å²) in [5.74, 6) is -0.0380. The second-order valence-corrected chi connectivity index (χ2v) is 4.87. The van der Waals surface area contributed by atoms with E-state index in [-0.39, 0.29) is 17.8 Å². The van der Waals surface area contributed by atoms with Crippen LogP contribution < -0.4 is 4.90 Å². The highest BCUT2D eigenvalue weighted by Gasteiger charge is 2.25. The first-order valence-electron chi connectivity index (χ1n) is 6.59. The van der Waals surface area contributed by atoms with E-state index in [9.17, 15) is 9.59 Å². The van der Waals surface area contributed by atoms with E-state index < -0.39 is 0 Å². The summed E-state index contributed by atoms with van der Waals surface area (Å²) < 4.78 is 4.72. The van der Waals surface area contributed by atoms with Crippen LogP contribution in [0.4, 0.5) is 5.69 Å². The number of nitrogens with zero attached hydrogens (tertiary/aromatic N) is 1. The van der Waals surface area contributed by atoms with Crippen molar-refractivity contribution in [3.8, 4) is 0 Å². The van der Waals surface area contributed by atoms with E-state index >= 15 is 0 Å². The largest absolute Gasteiger partial charge is 0.469 e. The van der Waals surface area contributed by atoms with Crippen LogP contribution in [-0.4, -0.2) is 31.4 Å². The average Bonchev–Trinajstić information content (AvgIpc) is 2.58. The molecule has 1 aliphatic rings. The van der Waals surface area contributed by atoms with Crippen molar-refractivity contribution in [3.63, 3.8) is 0 Å². The molecule has 0 aliphatic carbocycles.